The lowest BCUT2D eigenvalue weighted by Gasteiger charge is -2.26. The zero-order chi connectivity index (χ0) is 17.3. The van der Waals surface area contributed by atoms with Crippen molar-refractivity contribution in [3.8, 4) is 12.3 Å². The molecule has 0 radical (unpaired) electrons. The highest BCUT2D eigenvalue weighted by molar-refractivity contribution is 6.91. The summed E-state index contributed by atoms with van der Waals surface area (Å²) in [4.78, 5) is 12.5. The van der Waals surface area contributed by atoms with Crippen LogP contribution in [-0.4, -0.2) is 28.2 Å². The highest BCUT2D eigenvalue weighted by Gasteiger charge is 2.28. The predicted molar refractivity (Wildman–Crippen MR) is 101 cm³/mol. The van der Waals surface area contributed by atoms with Crippen molar-refractivity contribution in [3.63, 3.8) is 0 Å². The molecule has 0 unspecified atom stereocenters. The van der Waals surface area contributed by atoms with Crippen molar-refractivity contribution in [1.82, 2.24) is 0 Å². The van der Waals surface area contributed by atoms with E-state index in [9.17, 15) is 4.79 Å². The highest BCUT2D eigenvalue weighted by Crippen LogP contribution is 2.15. The van der Waals surface area contributed by atoms with Crippen LogP contribution in [0.25, 0.3) is 0 Å². The molecule has 1 aromatic carbocycles. The van der Waals surface area contributed by atoms with Gasteiger partial charge in [0.15, 0.2) is 0 Å². The SMILES string of the molecule is C#Cc1c(C(=O)OC(C)C)cc([Si](C)(C)C)cc1[Si](C)(C)C. The Morgan fingerprint density at radius 3 is 2.00 bits per heavy atom. The van der Waals surface area contributed by atoms with E-state index in [1.54, 1.807) is 0 Å². The van der Waals surface area contributed by atoms with Gasteiger partial charge in [0.2, 0.25) is 0 Å². The molecule has 0 aliphatic carbocycles. The maximum atomic E-state index is 12.5. The van der Waals surface area contributed by atoms with Gasteiger partial charge in [-0.2, -0.15) is 0 Å². The first-order chi connectivity index (χ1) is 9.87. The van der Waals surface area contributed by atoms with Crippen LogP contribution in [0, 0.1) is 12.3 Å². The van der Waals surface area contributed by atoms with Crippen LogP contribution < -0.4 is 10.4 Å². The van der Waals surface area contributed by atoms with Gasteiger partial charge in [-0.1, -0.05) is 56.5 Å². The standard InChI is InChI=1S/C18H28O2Si2/c1-10-15-16(18(19)20-13(2)3)11-14(21(4,5)6)12-17(15)22(7,8)9/h1,11-13H,2-9H3. The molecule has 0 saturated carbocycles. The quantitative estimate of drug-likeness (QED) is 0.480. The van der Waals surface area contributed by atoms with E-state index in [1.807, 2.05) is 19.9 Å². The van der Waals surface area contributed by atoms with E-state index in [0.29, 0.717) is 5.56 Å². The van der Waals surface area contributed by atoms with Gasteiger partial charge < -0.3 is 4.74 Å². The van der Waals surface area contributed by atoms with Crippen LogP contribution in [0.5, 0.6) is 0 Å². The second-order valence-electron chi connectivity index (χ2n) is 8.04. The number of hydrogen-bond acceptors (Lipinski definition) is 2. The Kier molecular flexibility index (Phi) is 5.48. The molecule has 0 N–H and O–H groups in total. The highest BCUT2D eigenvalue weighted by atomic mass is 28.3. The van der Waals surface area contributed by atoms with Crippen LogP contribution in [0.3, 0.4) is 0 Å². The molecule has 0 heterocycles. The zero-order valence-electron chi connectivity index (χ0n) is 15.1. The molecule has 0 atom stereocenters. The van der Waals surface area contributed by atoms with Crippen molar-refractivity contribution in [3.05, 3.63) is 23.3 Å². The lowest BCUT2D eigenvalue weighted by atomic mass is 10.1. The molecule has 1 rings (SSSR count). The Morgan fingerprint density at radius 2 is 1.64 bits per heavy atom. The Labute approximate surface area is 137 Å². The van der Waals surface area contributed by atoms with Gasteiger partial charge in [-0.05, 0) is 25.1 Å². The topological polar surface area (TPSA) is 26.3 Å². The maximum Gasteiger partial charge on any atom is 0.339 e. The average molecular weight is 333 g/mol. The normalized spacial score (nSPS) is 12.2. The lowest BCUT2D eigenvalue weighted by molar-refractivity contribution is 0.0378. The van der Waals surface area contributed by atoms with Crippen molar-refractivity contribution in [2.75, 3.05) is 0 Å². The van der Waals surface area contributed by atoms with Crippen molar-refractivity contribution in [2.45, 2.75) is 59.2 Å². The molecule has 1 aromatic rings. The number of hydrogen-bond donors (Lipinski definition) is 0. The minimum atomic E-state index is -1.65. The first kappa shape index (κ1) is 18.7. The van der Waals surface area contributed by atoms with E-state index >= 15 is 0 Å². The molecule has 4 heteroatoms. The van der Waals surface area contributed by atoms with Gasteiger partial charge in [0, 0.05) is 5.56 Å². The van der Waals surface area contributed by atoms with E-state index in [1.165, 1.54) is 10.4 Å². The molecule has 0 spiro atoms. The van der Waals surface area contributed by atoms with Crippen molar-refractivity contribution in [2.24, 2.45) is 0 Å². The van der Waals surface area contributed by atoms with Crippen LogP contribution in [0.1, 0.15) is 29.8 Å². The largest absolute Gasteiger partial charge is 0.459 e. The van der Waals surface area contributed by atoms with Crippen LogP contribution in [0.4, 0.5) is 0 Å². The van der Waals surface area contributed by atoms with Gasteiger partial charge in [0.25, 0.3) is 0 Å². The maximum absolute atomic E-state index is 12.5. The Balaban J connectivity index is 3.67. The van der Waals surface area contributed by atoms with E-state index in [4.69, 9.17) is 11.2 Å². The number of carbonyl (C=O) groups excluding carboxylic acids is 1. The summed E-state index contributed by atoms with van der Waals surface area (Å²) in [6, 6.07) is 4.22. The van der Waals surface area contributed by atoms with Crippen LogP contribution in [0.15, 0.2) is 12.1 Å². The molecule has 120 valence electrons. The number of ether oxygens (including phenoxy) is 1. The molecule has 0 amide bonds. The van der Waals surface area contributed by atoms with Crippen LogP contribution >= 0.6 is 0 Å². The van der Waals surface area contributed by atoms with Crippen LogP contribution in [-0.2, 0) is 4.74 Å². The Bertz CT molecular complexity index is 612. The summed E-state index contributed by atoms with van der Waals surface area (Å²) in [5, 5.41) is 2.45. The third kappa shape index (κ3) is 4.34. The molecule has 0 saturated heterocycles. The number of carbonyl (C=O) groups is 1. The first-order valence-corrected chi connectivity index (χ1v) is 14.7. The summed E-state index contributed by atoms with van der Waals surface area (Å²) in [6.45, 7) is 17.3. The van der Waals surface area contributed by atoms with Crippen molar-refractivity contribution < 1.29 is 9.53 Å². The van der Waals surface area contributed by atoms with E-state index < -0.39 is 16.1 Å². The molecule has 0 aromatic heterocycles. The smallest absolute Gasteiger partial charge is 0.339 e. The summed E-state index contributed by atoms with van der Waals surface area (Å²) in [6.07, 6.45) is 5.60. The fourth-order valence-corrected chi connectivity index (χ4v) is 5.11. The summed E-state index contributed by atoms with van der Waals surface area (Å²) in [5.41, 5.74) is 1.29. The minimum absolute atomic E-state index is 0.149. The number of terminal acetylenes is 1. The molecule has 0 bridgehead atoms. The van der Waals surface area contributed by atoms with E-state index in [2.05, 4.69) is 51.3 Å². The number of benzene rings is 1. The molecule has 2 nitrogen and oxygen atoms in total. The van der Waals surface area contributed by atoms with Gasteiger partial charge >= 0.3 is 5.97 Å². The molecular formula is C18H28O2Si2. The van der Waals surface area contributed by atoms with Gasteiger partial charge in [0.05, 0.1) is 27.8 Å². The molecular weight excluding hydrogens is 304 g/mol. The second-order valence-corrected chi connectivity index (χ2v) is 18.2. The van der Waals surface area contributed by atoms with Crippen LogP contribution in [0.2, 0.25) is 39.3 Å². The van der Waals surface area contributed by atoms with Crippen molar-refractivity contribution >= 4 is 32.5 Å². The van der Waals surface area contributed by atoms with Gasteiger partial charge in [0.1, 0.15) is 0 Å². The molecule has 0 aliphatic heterocycles. The minimum Gasteiger partial charge on any atom is -0.459 e. The number of esters is 1. The van der Waals surface area contributed by atoms with E-state index in [0.717, 1.165) is 5.56 Å². The lowest BCUT2D eigenvalue weighted by Crippen LogP contribution is -2.47. The average Bonchev–Trinajstić information content (AvgIpc) is 2.33. The monoisotopic (exact) mass is 332 g/mol. The molecule has 22 heavy (non-hydrogen) atoms. The summed E-state index contributed by atoms with van der Waals surface area (Å²) in [7, 11) is -3.20. The molecule has 0 fully saturated rings. The third-order valence-electron chi connectivity index (χ3n) is 3.52. The molecule has 0 aliphatic rings. The van der Waals surface area contributed by atoms with E-state index in [-0.39, 0.29) is 12.1 Å². The van der Waals surface area contributed by atoms with Gasteiger partial charge in [-0.3, -0.25) is 0 Å². The summed E-state index contributed by atoms with van der Waals surface area (Å²) < 4.78 is 5.41. The van der Waals surface area contributed by atoms with Gasteiger partial charge in [-0.25, -0.2) is 4.79 Å². The Hall–Kier alpha value is -1.32. The Morgan fingerprint density at radius 1 is 1.09 bits per heavy atom. The summed E-state index contributed by atoms with van der Waals surface area (Å²) in [5.74, 6) is 2.45. The zero-order valence-corrected chi connectivity index (χ0v) is 17.1. The first-order valence-electron chi connectivity index (χ1n) is 7.74. The fraction of sp³-hybridized carbons (Fsp3) is 0.500. The summed E-state index contributed by atoms with van der Waals surface area (Å²) >= 11 is 0. The van der Waals surface area contributed by atoms with Crippen molar-refractivity contribution in [1.29, 1.82) is 0 Å². The number of rotatable bonds is 4. The second kappa shape index (κ2) is 6.43. The fourth-order valence-electron chi connectivity index (χ4n) is 2.26. The predicted octanol–water partition coefficient (Wildman–Crippen LogP) is 3.32. The van der Waals surface area contributed by atoms with Gasteiger partial charge in [-0.15, -0.1) is 6.42 Å². The third-order valence-corrected chi connectivity index (χ3v) is 7.55.